The number of aliphatic hydroxyl groups excluding tert-OH is 2. The summed E-state index contributed by atoms with van der Waals surface area (Å²) in [6, 6.07) is 3.56. The summed E-state index contributed by atoms with van der Waals surface area (Å²) < 4.78 is 0. The van der Waals surface area contributed by atoms with Gasteiger partial charge in [-0.25, -0.2) is 4.79 Å². The summed E-state index contributed by atoms with van der Waals surface area (Å²) in [4.78, 5) is 22.7. The highest BCUT2D eigenvalue weighted by molar-refractivity contribution is 6.13. The number of hydrogen-bond donors (Lipinski definition) is 6. The van der Waals surface area contributed by atoms with Crippen LogP contribution in [0.4, 0.5) is 0 Å². The zero-order chi connectivity index (χ0) is 16.2. The van der Waals surface area contributed by atoms with Crippen LogP contribution < -0.4 is 0 Å². The number of carboxylic acids is 1. The Labute approximate surface area is 118 Å². The maximum atomic E-state index is 11.7. The van der Waals surface area contributed by atoms with Crippen molar-refractivity contribution >= 4 is 17.8 Å². The predicted octanol–water partition coefficient (Wildman–Crippen LogP) is -1.15. The molecule has 0 saturated carbocycles. The monoisotopic (exact) mass is 298 g/mol. The van der Waals surface area contributed by atoms with Gasteiger partial charge in [0.05, 0.1) is 6.61 Å². The van der Waals surface area contributed by atoms with E-state index in [0.29, 0.717) is 6.08 Å². The zero-order valence-corrected chi connectivity index (χ0v) is 10.7. The molecule has 1 aromatic rings. The molecule has 1 rings (SSSR count). The van der Waals surface area contributed by atoms with Crippen LogP contribution in [0.1, 0.15) is 5.56 Å². The number of ketones is 1. The van der Waals surface area contributed by atoms with Crippen LogP contribution in [-0.2, 0) is 9.59 Å². The van der Waals surface area contributed by atoms with Crippen molar-refractivity contribution in [3.63, 3.8) is 0 Å². The number of phenolic OH excluding ortho intramolecular Hbond substituents is 2. The molecule has 0 aliphatic rings. The molecule has 2 atom stereocenters. The van der Waals surface area contributed by atoms with Gasteiger partial charge in [-0.15, -0.1) is 0 Å². The van der Waals surface area contributed by atoms with E-state index >= 15 is 0 Å². The maximum absolute atomic E-state index is 11.7. The van der Waals surface area contributed by atoms with Gasteiger partial charge < -0.3 is 30.6 Å². The SMILES string of the molecule is O=C(O)[C@](O)(C(=O)/C=C/c1ccc(O)c(O)c1)[C@H](O)CO. The van der Waals surface area contributed by atoms with Gasteiger partial charge in [0.1, 0.15) is 6.10 Å². The molecular formula is C13H14O8. The van der Waals surface area contributed by atoms with Crippen molar-refractivity contribution in [3.05, 3.63) is 29.8 Å². The summed E-state index contributed by atoms with van der Waals surface area (Å²) >= 11 is 0. The van der Waals surface area contributed by atoms with Crippen LogP contribution in [0.5, 0.6) is 11.5 Å². The van der Waals surface area contributed by atoms with Gasteiger partial charge in [-0.2, -0.15) is 0 Å². The molecule has 0 amide bonds. The van der Waals surface area contributed by atoms with Crippen molar-refractivity contribution < 1.29 is 40.2 Å². The number of carbonyl (C=O) groups is 2. The second-order valence-electron chi connectivity index (χ2n) is 4.22. The Morgan fingerprint density at radius 3 is 2.33 bits per heavy atom. The number of benzene rings is 1. The Morgan fingerprint density at radius 2 is 1.86 bits per heavy atom. The predicted molar refractivity (Wildman–Crippen MR) is 69.5 cm³/mol. The van der Waals surface area contributed by atoms with Gasteiger partial charge in [-0.1, -0.05) is 12.1 Å². The molecule has 8 nitrogen and oxygen atoms in total. The summed E-state index contributed by atoms with van der Waals surface area (Å²) in [5, 5.41) is 54.9. The van der Waals surface area contributed by atoms with E-state index in [9.17, 15) is 24.9 Å². The van der Waals surface area contributed by atoms with E-state index in [4.69, 9.17) is 15.3 Å². The molecule has 6 N–H and O–H groups in total. The van der Waals surface area contributed by atoms with Crippen LogP contribution in [0.2, 0.25) is 0 Å². The molecule has 0 unspecified atom stereocenters. The quantitative estimate of drug-likeness (QED) is 0.218. The van der Waals surface area contributed by atoms with Gasteiger partial charge in [-0.05, 0) is 23.8 Å². The lowest BCUT2D eigenvalue weighted by Crippen LogP contribution is -2.56. The highest BCUT2D eigenvalue weighted by Crippen LogP contribution is 2.25. The molecule has 114 valence electrons. The number of carboxylic acid groups (broad SMARTS) is 1. The first kappa shape index (κ1) is 16.6. The van der Waals surface area contributed by atoms with E-state index in [2.05, 4.69) is 0 Å². The first-order valence-corrected chi connectivity index (χ1v) is 5.72. The Bertz CT molecular complexity index is 580. The topological polar surface area (TPSA) is 156 Å². The molecule has 0 spiro atoms. The summed E-state index contributed by atoms with van der Waals surface area (Å²) in [5.74, 6) is -4.19. The lowest BCUT2D eigenvalue weighted by molar-refractivity contribution is -0.178. The first-order valence-electron chi connectivity index (χ1n) is 5.72. The third-order valence-corrected chi connectivity index (χ3v) is 2.78. The smallest absolute Gasteiger partial charge is 0.346 e. The fourth-order valence-electron chi connectivity index (χ4n) is 1.49. The largest absolute Gasteiger partial charge is 0.504 e. The Morgan fingerprint density at radius 1 is 1.24 bits per heavy atom. The zero-order valence-electron chi connectivity index (χ0n) is 10.7. The molecule has 8 heteroatoms. The molecule has 0 bridgehead atoms. The van der Waals surface area contributed by atoms with Crippen molar-refractivity contribution in [2.24, 2.45) is 0 Å². The number of aliphatic hydroxyl groups is 3. The number of aromatic hydroxyl groups is 2. The van der Waals surface area contributed by atoms with Gasteiger partial charge in [0.2, 0.25) is 5.78 Å². The highest BCUT2D eigenvalue weighted by atomic mass is 16.4. The van der Waals surface area contributed by atoms with Crippen LogP contribution in [0.3, 0.4) is 0 Å². The normalized spacial score (nSPS) is 15.6. The van der Waals surface area contributed by atoms with Crippen LogP contribution in [-0.4, -0.2) is 60.7 Å². The average Bonchev–Trinajstić information content (AvgIpc) is 2.45. The van der Waals surface area contributed by atoms with Gasteiger partial charge in [-0.3, -0.25) is 4.79 Å². The second-order valence-corrected chi connectivity index (χ2v) is 4.22. The molecule has 0 radical (unpaired) electrons. The van der Waals surface area contributed by atoms with E-state index in [1.54, 1.807) is 0 Å². The molecule has 0 aliphatic carbocycles. The third-order valence-electron chi connectivity index (χ3n) is 2.78. The van der Waals surface area contributed by atoms with Crippen molar-refractivity contribution in [3.8, 4) is 11.5 Å². The lowest BCUT2D eigenvalue weighted by Gasteiger charge is -2.24. The minimum atomic E-state index is -3.18. The summed E-state index contributed by atoms with van der Waals surface area (Å²) in [5.41, 5.74) is -2.94. The fourth-order valence-corrected chi connectivity index (χ4v) is 1.49. The van der Waals surface area contributed by atoms with Gasteiger partial charge in [0, 0.05) is 0 Å². The molecule has 0 fully saturated rings. The molecule has 0 heterocycles. The lowest BCUT2D eigenvalue weighted by atomic mass is 9.91. The van der Waals surface area contributed by atoms with Gasteiger partial charge >= 0.3 is 5.97 Å². The van der Waals surface area contributed by atoms with Crippen molar-refractivity contribution in [1.29, 1.82) is 0 Å². The van der Waals surface area contributed by atoms with Crippen molar-refractivity contribution in [2.75, 3.05) is 6.61 Å². The first-order chi connectivity index (χ1) is 9.73. The van der Waals surface area contributed by atoms with E-state index in [0.717, 1.165) is 18.2 Å². The molecule has 0 aromatic heterocycles. The Balaban J connectivity index is 3.04. The van der Waals surface area contributed by atoms with Crippen LogP contribution in [0.15, 0.2) is 24.3 Å². The number of hydrogen-bond acceptors (Lipinski definition) is 7. The number of aliphatic carboxylic acids is 1. The number of rotatable bonds is 6. The van der Waals surface area contributed by atoms with Crippen molar-refractivity contribution in [1.82, 2.24) is 0 Å². The number of carbonyl (C=O) groups excluding carboxylic acids is 1. The van der Waals surface area contributed by atoms with E-state index < -0.39 is 35.8 Å². The maximum Gasteiger partial charge on any atom is 0.346 e. The number of phenols is 2. The Hall–Kier alpha value is -2.42. The van der Waals surface area contributed by atoms with Gasteiger partial charge in [0.15, 0.2) is 11.5 Å². The summed E-state index contributed by atoms with van der Waals surface area (Å²) in [7, 11) is 0. The van der Waals surface area contributed by atoms with Crippen LogP contribution in [0.25, 0.3) is 6.08 Å². The standard InChI is InChI=1S/C13H14O8/c14-6-11(18)13(21,12(19)20)10(17)4-2-7-1-3-8(15)9(16)5-7/h1-5,11,14-16,18,21H,6H2,(H,19,20)/b4-2+/t11-,13+/m1/s1. The van der Waals surface area contributed by atoms with E-state index in [-0.39, 0.29) is 11.3 Å². The third kappa shape index (κ3) is 3.37. The van der Waals surface area contributed by atoms with E-state index in [1.807, 2.05) is 0 Å². The minimum absolute atomic E-state index is 0.241. The second kappa shape index (κ2) is 6.35. The molecule has 21 heavy (non-hydrogen) atoms. The van der Waals surface area contributed by atoms with Crippen LogP contribution >= 0.6 is 0 Å². The molecule has 0 aliphatic heterocycles. The molecule has 1 aromatic carbocycles. The highest BCUT2D eigenvalue weighted by Gasteiger charge is 2.49. The summed E-state index contributed by atoms with van der Waals surface area (Å²) in [6.45, 7) is -1.12. The molecular weight excluding hydrogens is 284 g/mol. The fraction of sp³-hybridized carbons (Fsp3) is 0.231. The Kier molecular flexibility index (Phi) is 5.03. The average molecular weight is 298 g/mol. The van der Waals surface area contributed by atoms with Crippen molar-refractivity contribution in [2.45, 2.75) is 11.7 Å². The summed E-state index contributed by atoms with van der Waals surface area (Å²) in [6.07, 6.45) is -0.446. The minimum Gasteiger partial charge on any atom is -0.504 e. The van der Waals surface area contributed by atoms with E-state index in [1.165, 1.54) is 6.07 Å². The van der Waals surface area contributed by atoms with Crippen LogP contribution in [0, 0.1) is 0 Å². The van der Waals surface area contributed by atoms with Gasteiger partial charge in [0.25, 0.3) is 5.60 Å². The molecule has 0 saturated heterocycles.